The Morgan fingerprint density at radius 2 is 1.94 bits per heavy atom. The van der Waals surface area contributed by atoms with E-state index in [1.54, 1.807) is 6.07 Å². The van der Waals surface area contributed by atoms with Gasteiger partial charge in [-0.1, -0.05) is 35.9 Å². The summed E-state index contributed by atoms with van der Waals surface area (Å²) in [6.45, 7) is 6.33. The van der Waals surface area contributed by atoms with Crippen molar-refractivity contribution in [1.29, 1.82) is 0 Å². The highest BCUT2D eigenvalue weighted by Gasteiger charge is 2.19. The third-order valence-corrected chi connectivity index (χ3v) is 5.89. The van der Waals surface area contributed by atoms with Crippen LogP contribution in [0, 0.1) is 30.9 Å². The van der Waals surface area contributed by atoms with E-state index in [4.69, 9.17) is 20.8 Å². The predicted octanol–water partition coefficient (Wildman–Crippen LogP) is 5.84. The molecule has 35 heavy (non-hydrogen) atoms. The van der Waals surface area contributed by atoms with Crippen molar-refractivity contribution in [3.05, 3.63) is 104 Å². The van der Waals surface area contributed by atoms with Crippen LogP contribution in [-0.4, -0.2) is 20.6 Å². The number of aromatic nitrogens is 2. The van der Waals surface area contributed by atoms with Crippen molar-refractivity contribution in [2.75, 3.05) is 5.32 Å². The zero-order valence-electron chi connectivity index (χ0n) is 19.4. The zero-order chi connectivity index (χ0) is 25.1. The first-order valence-corrected chi connectivity index (χ1v) is 11.2. The molecule has 0 aliphatic heterocycles. The lowest BCUT2D eigenvalue weighted by Crippen LogP contribution is -2.12. The molecule has 180 valence electrons. The third-order valence-electron chi connectivity index (χ3n) is 5.58. The van der Waals surface area contributed by atoms with Crippen LogP contribution in [0.5, 0.6) is 5.75 Å². The highest BCUT2D eigenvalue weighted by molar-refractivity contribution is 6.32. The van der Waals surface area contributed by atoms with Crippen LogP contribution < -0.4 is 10.1 Å². The highest BCUT2D eigenvalue weighted by atomic mass is 35.5. The summed E-state index contributed by atoms with van der Waals surface area (Å²) in [7, 11) is 0. The molecule has 0 saturated heterocycles. The summed E-state index contributed by atoms with van der Waals surface area (Å²) in [6, 6.07) is 15.1. The van der Waals surface area contributed by atoms with Gasteiger partial charge in [-0.05, 0) is 50.1 Å². The van der Waals surface area contributed by atoms with Crippen LogP contribution in [0.2, 0.25) is 5.02 Å². The second kappa shape index (κ2) is 10.0. The number of furan rings is 1. The minimum atomic E-state index is -0.536. The largest absolute Gasteiger partial charge is 0.484 e. The number of benzene rings is 2. The highest BCUT2D eigenvalue weighted by Crippen LogP contribution is 2.30. The number of nitro groups is 1. The maximum atomic E-state index is 12.8. The van der Waals surface area contributed by atoms with Crippen LogP contribution in [0.25, 0.3) is 0 Å². The maximum absolute atomic E-state index is 12.8. The van der Waals surface area contributed by atoms with E-state index in [0.29, 0.717) is 23.7 Å². The number of nitro benzene ring substituents is 1. The SMILES string of the molecule is Cc1ccccc1Cn1nc(C)c(NC(=O)c2ccc(COc3cc([N+](=O)[O-])ccc3Cl)o2)c1C. The number of rotatable bonds is 8. The summed E-state index contributed by atoms with van der Waals surface area (Å²) in [4.78, 5) is 23.2. The number of hydrogen-bond acceptors (Lipinski definition) is 6. The number of non-ortho nitro benzene ring substituents is 1. The Bertz CT molecular complexity index is 1410. The summed E-state index contributed by atoms with van der Waals surface area (Å²) in [5, 5.41) is 18.7. The molecule has 2 heterocycles. The molecule has 0 unspecified atom stereocenters. The molecule has 0 atom stereocenters. The molecule has 2 aromatic carbocycles. The van der Waals surface area contributed by atoms with E-state index in [2.05, 4.69) is 29.5 Å². The minimum absolute atomic E-state index is 0.0550. The Hall–Kier alpha value is -4.11. The number of hydrogen-bond donors (Lipinski definition) is 1. The third kappa shape index (κ3) is 5.36. The number of nitrogens with one attached hydrogen (secondary N) is 1. The molecule has 0 bridgehead atoms. The van der Waals surface area contributed by atoms with E-state index >= 15 is 0 Å². The number of ether oxygens (including phenoxy) is 1. The second-order valence-electron chi connectivity index (χ2n) is 8.01. The van der Waals surface area contributed by atoms with Gasteiger partial charge < -0.3 is 14.5 Å². The van der Waals surface area contributed by atoms with Crippen molar-refractivity contribution in [2.24, 2.45) is 0 Å². The molecule has 0 saturated carbocycles. The molecule has 0 fully saturated rings. The quantitative estimate of drug-likeness (QED) is 0.243. The van der Waals surface area contributed by atoms with Crippen LogP contribution in [0.15, 0.2) is 59.0 Å². The molecule has 1 amide bonds. The molecule has 9 nitrogen and oxygen atoms in total. The summed E-state index contributed by atoms with van der Waals surface area (Å²) in [5.41, 5.74) is 4.33. The molecule has 0 spiro atoms. The molecule has 0 aliphatic carbocycles. The fraction of sp³-hybridized carbons (Fsp3) is 0.200. The second-order valence-corrected chi connectivity index (χ2v) is 8.42. The van der Waals surface area contributed by atoms with Gasteiger partial charge in [0, 0.05) is 6.07 Å². The number of carbonyl (C=O) groups excluding carboxylic acids is 1. The van der Waals surface area contributed by atoms with Gasteiger partial charge >= 0.3 is 0 Å². The molecule has 2 aromatic heterocycles. The normalized spacial score (nSPS) is 10.9. The summed E-state index contributed by atoms with van der Waals surface area (Å²) >= 11 is 6.05. The number of aryl methyl sites for hydroxylation is 2. The van der Waals surface area contributed by atoms with Crippen LogP contribution in [0.3, 0.4) is 0 Å². The predicted molar refractivity (Wildman–Crippen MR) is 131 cm³/mol. The van der Waals surface area contributed by atoms with Crippen LogP contribution in [-0.2, 0) is 13.2 Å². The number of anilines is 1. The zero-order valence-corrected chi connectivity index (χ0v) is 20.1. The van der Waals surface area contributed by atoms with Crippen molar-refractivity contribution in [1.82, 2.24) is 9.78 Å². The van der Waals surface area contributed by atoms with E-state index in [0.717, 1.165) is 11.3 Å². The first kappa shape index (κ1) is 24.0. The Morgan fingerprint density at radius 1 is 1.17 bits per heavy atom. The first-order valence-electron chi connectivity index (χ1n) is 10.8. The summed E-state index contributed by atoms with van der Waals surface area (Å²) in [5.74, 6) is 0.183. The van der Waals surface area contributed by atoms with Gasteiger partial charge in [0.15, 0.2) is 5.76 Å². The molecule has 1 N–H and O–H groups in total. The fourth-order valence-corrected chi connectivity index (χ4v) is 3.77. The Labute approximate surface area is 206 Å². The van der Waals surface area contributed by atoms with Gasteiger partial charge in [-0.3, -0.25) is 19.6 Å². The molecular weight excluding hydrogens is 472 g/mol. The van der Waals surface area contributed by atoms with Gasteiger partial charge in [0.25, 0.3) is 11.6 Å². The van der Waals surface area contributed by atoms with Gasteiger partial charge in [-0.25, -0.2) is 0 Å². The van der Waals surface area contributed by atoms with E-state index in [1.807, 2.05) is 30.7 Å². The molecule has 0 radical (unpaired) electrons. The lowest BCUT2D eigenvalue weighted by Gasteiger charge is -2.08. The van der Waals surface area contributed by atoms with Gasteiger partial charge in [-0.15, -0.1) is 0 Å². The number of nitrogens with zero attached hydrogens (tertiary/aromatic N) is 3. The first-order chi connectivity index (χ1) is 16.7. The van der Waals surface area contributed by atoms with Gasteiger partial charge in [0.2, 0.25) is 0 Å². The summed E-state index contributed by atoms with van der Waals surface area (Å²) in [6.07, 6.45) is 0. The minimum Gasteiger partial charge on any atom is -0.484 e. The Kier molecular flexibility index (Phi) is 6.88. The Morgan fingerprint density at radius 3 is 2.69 bits per heavy atom. The van der Waals surface area contributed by atoms with E-state index in [9.17, 15) is 14.9 Å². The van der Waals surface area contributed by atoms with Crippen LogP contribution >= 0.6 is 11.6 Å². The maximum Gasteiger partial charge on any atom is 0.291 e. The van der Waals surface area contributed by atoms with Gasteiger partial charge in [0.05, 0.1) is 39.6 Å². The van der Waals surface area contributed by atoms with Gasteiger partial charge in [0.1, 0.15) is 18.1 Å². The van der Waals surface area contributed by atoms with Crippen molar-refractivity contribution < 1.29 is 18.9 Å². The van der Waals surface area contributed by atoms with Crippen LogP contribution in [0.1, 0.15) is 38.8 Å². The fourth-order valence-electron chi connectivity index (χ4n) is 3.60. The average molecular weight is 495 g/mol. The smallest absolute Gasteiger partial charge is 0.291 e. The number of halogens is 1. The molecule has 4 rings (SSSR count). The van der Waals surface area contributed by atoms with E-state index in [-0.39, 0.29) is 28.8 Å². The standard InChI is InChI=1S/C25H23ClN4O5/c1-15-6-4-5-7-18(15)13-29-17(3)24(16(2)28-29)27-25(31)22-11-9-20(35-22)14-34-23-12-19(30(32)33)8-10-21(23)26/h4-12H,13-14H2,1-3H3,(H,27,31). The molecule has 0 aliphatic rings. The van der Waals surface area contributed by atoms with E-state index < -0.39 is 10.8 Å². The van der Waals surface area contributed by atoms with Crippen molar-refractivity contribution >= 4 is 28.9 Å². The molecular formula is C25H23ClN4O5. The summed E-state index contributed by atoms with van der Waals surface area (Å²) < 4.78 is 13.0. The van der Waals surface area contributed by atoms with Crippen molar-refractivity contribution in [2.45, 2.75) is 33.9 Å². The topological polar surface area (TPSA) is 112 Å². The molecule has 4 aromatic rings. The number of carbonyl (C=O) groups is 1. The van der Waals surface area contributed by atoms with Crippen LogP contribution in [0.4, 0.5) is 11.4 Å². The van der Waals surface area contributed by atoms with Gasteiger partial charge in [-0.2, -0.15) is 5.10 Å². The van der Waals surface area contributed by atoms with Crippen molar-refractivity contribution in [3.8, 4) is 5.75 Å². The number of amides is 1. The lowest BCUT2D eigenvalue weighted by atomic mass is 10.1. The van der Waals surface area contributed by atoms with E-state index in [1.165, 1.54) is 29.8 Å². The van der Waals surface area contributed by atoms with Crippen molar-refractivity contribution in [3.63, 3.8) is 0 Å². The average Bonchev–Trinajstić information content (AvgIpc) is 3.40. The Balaban J connectivity index is 1.43. The monoisotopic (exact) mass is 494 g/mol. The molecule has 10 heteroatoms. The lowest BCUT2D eigenvalue weighted by molar-refractivity contribution is -0.384.